The molecule has 7 nitrogen and oxygen atoms in total. The Morgan fingerprint density at radius 1 is 0.750 bits per heavy atom. The minimum Gasteiger partial charge on any atom is -0.494 e. The number of rotatable bonds is 10. The highest BCUT2D eigenvalue weighted by Crippen LogP contribution is 2.31. The number of ether oxygens (including phenoxy) is 3. The summed E-state index contributed by atoms with van der Waals surface area (Å²) in [6, 6.07) is 16.6. The summed E-state index contributed by atoms with van der Waals surface area (Å²) < 4.78 is 16.0. The molecular formula is C29H32N2O5. The van der Waals surface area contributed by atoms with Gasteiger partial charge in [-0.05, 0) is 61.7 Å². The second kappa shape index (κ2) is 11.7. The number of piperidine rings is 1. The van der Waals surface area contributed by atoms with Gasteiger partial charge in [0.1, 0.15) is 17.1 Å². The molecule has 2 heterocycles. The second-order valence-corrected chi connectivity index (χ2v) is 8.76. The molecule has 3 aromatic rings. The van der Waals surface area contributed by atoms with Crippen molar-refractivity contribution in [2.45, 2.75) is 32.1 Å². The number of ketones is 2. The summed E-state index contributed by atoms with van der Waals surface area (Å²) in [4.78, 5) is 32.7. The molecule has 0 radical (unpaired) electrons. The highest BCUT2D eigenvalue weighted by molar-refractivity contribution is 6.02. The molecule has 1 fully saturated rings. The Balaban J connectivity index is 1.47. The van der Waals surface area contributed by atoms with E-state index >= 15 is 0 Å². The lowest BCUT2D eigenvalue weighted by Crippen LogP contribution is -2.29. The lowest BCUT2D eigenvalue weighted by Gasteiger charge is -2.28. The van der Waals surface area contributed by atoms with E-state index in [1.807, 2.05) is 12.1 Å². The van der Waals surface area contributed by atoms with Gasteiger partial charge in [0.15, 0.2) is 23.1 Å². The first-order chi connectivity index (χ1) is 17.5. The van der Waals surface area contributed by atoms with Gasteiger partial charge in [-0.25, -0.2) is 4.98 Å². The quantitative estimate of drug-likeness (QED) is 0.343. The molecular weight excluding hydrogens is 456 g/mol. The molecule has 0 saturated carbocycles. The number of carbonyl (C=O) groups excluding carboxylic acids is 2. The number of hydrogen-bond donors (Lipinski definition) is 0. The number of hydrogen-bond acceptors (Lipinski definition) is 7. The molecule has 4 rings (SSSR count). The number of aromatic nitrogens is 1. The number of Topliss-reactive ketones (excluding diaryl/α,β-unsaturated/α-hetero) is 2. The molecule has 1 aliphatic rings. The van der Waals surface area contributed by atoms with Crippen molar-refractivity contribution in [3.63, 3.8) is 0 Å². The van der Waals surface area contributed by atoms with Crippen LogP contribution in [0.3, 0.4) is 0 Å². The maximum Gasteiger partial charge on any atom is 0.181 e. The van der Waals surface area contributed by atoms with Crippen molar-refractivity contribution in [3.05, 3.63) is 65.9 Å². The molecule has 0 spiro atoms. The van der Waals surface area contributed by atoms with E-state index in [0.717, 1.165) is 18.7 Å². The number of methoxy groups -OCH3 is 3. The Hall–Kier alpha value is -3.87. The molecule has 7 heteroatoms. The zero-order chi connectivity index (χ0) is 25.5. The van der Waals surface area contributed by atoms with Gasteiger partial charge in [0.25, 0.3) is 0 Å². The summed E-state index contributed by atoms with van der Waals surface area (Å²) in [7, 11) is 4.65. The van der Waals surface area contributed by atoms with Gasteiger partial charge in [0.05, 0.1) is 21.3 Å². The van der Waals surface area contributed by atoms with Gasteiger partial charge >= 0.3 is 0 Å². The zero-order valence-electron chi connectivity index (χ0n) is 21.1. The van der Waals surface area contributed by atoms with Gasteiger partial charge in [-0.1, -0.05) is 12.1 Å². The van der Waals surface area contributed by atoms with Crippen LogP contribution in [-0.4, -0.2) is 51.0 Å². The minimum absolute atomic E-state index is 0.0554. The van der Waals surface area contributed by atoms with Crippen molar-refractivity contribution in [1.82, 2.24) is 4.98 Å². The molecule has 0 amide bonds. The summed E-state index contributed by atoms with van der Waals surface area (Å²) in [6.45, 7) is 2.15. The number of benzene rings is 2. The third kappa shape index (κ3) is 5.67. The third-order valence-corrected chi connectivity index (χ3v) is 6.51. The monoisotopic (exact) mass is 488 g/mol. The molecule has 2 aromatic carbocycles. The van der Waals surface area contributed by atoms with Gasteiger partial charge in [-0.2, -0.15) is 0 Å². The van der Waals surface area contributed by atoms with E-state index in [1.54, 1.807) is 37.4 Å². The molecule has 0 N–H and O–H groups in total. The van der Waals surface area contributed by atoms with Crippen molar-refractivity contribution in [3.8, 4) is 28.5 Å². The summed E-state index contributed by atoms with van der Waals surface area (Å²) in [5, 5.41) is 0. The molecule has 1 aliphatic heterocycles. The van der Waals surface area contributed by atoms with Crippen LogP contribution in [0.2, 0.25) is 0 Å². The van der Waals surface area contributed by atoms with Crippen LogP contribution >= 0.6 is 0 Å². The van der Waals surface area contributed by atoms with E-state index < -0.39 is 0 Å². The van der Waals surface area contributed by atoms with Gasteiger partial charge in [-0.3, -0.25) is 9.59 Å². The topological polar surface area (TPSA) is 78.0 Å². The Labute approximate surface area is 212 Å². The van der Waals surface area contributed by atoms with Crippen molar-refractivity contribution < 1.29 is 23.8 Å². The van der Waals surface area contributed by atoms with Crippen LogP contribution in [0.25, 0.3) is 11.3 Å². The highest BCUT2D eigenvalue weighted by Gasteiger charge is 2.18. The first kappa shape index (κ1) is 25.2. The van der Waals surface area contributed by atoms with Crippen molar-refractivity contribution in [2.24, 2.45) is 0 Å². The number of carbonyl (C=O) groups is 2. The third-order valence-electron chi connectivity index (χ3n) is 6.51. The van der Waals surface area contributed by atoms with Crippen molar-refractivity contribution >= 4 is 17.3 Å². The summed E-state index contributed by atoms with van der Waals surface area (Å²) in [6.07, 6.45) is 3.85. The molecule has 0 bridgehead atoms. The standard InChI is InChI=1S/C29H32N2O5/c1-34-26-15-9-21(19-28(26)36-3)24(32)13-14-25(33)23-12-16-27(35-2)29(30-23)20-7-10-22(11-8-20)31-17-5-4-6-18-31/h7-12,15-16,19H,4-6,13-14,17-18H2,1-3H3. The van der Waals surface area contributed by atoms with E-state index in [-0.39, 0.29) is 24.4 Å². The van der Waals surface area contributed by atoms with Crippen LogP contribution < -0.4 is 19.1 Å². The van der Waals surface area contributed by atoms with Crippen molar-refractivity contribution in [1.29, 1.82) is 0 Å². The lowest BCUT2D eigenvalue weighted by molar-refractivity contribution is 0.0915. The van der Waals surface area contributed by atoms with Gasteiger partial charge in [0.2, 0.25) is 0 Å². The predicted molar refractivity (Wildman–Crippen MR) is 140 cm³/mol. The van der Waals surface area contributed by atoms with E-state index in [9.17, 15) is 9.59 Å². The highest BCUT2D eigenvalue weighted by atomic mass is 16.5. The van der Waals surface area contributed by atoms with Crippen molar-refractivity contribution in [2.75, 3.05) is 39.3 Å². The van der Waals surface area contributed by atoms with Crippen LogP contribution in [0.5, 0.6) is 17.2 Å². The van der Waals surface area contributed by atoms with Crippen LogP contribution in [0.4, 0.5) is 5.69 Å². The smallest absolute Gasteiger partial charge is 0.181 e. The van der Waals surface area contributed by atoms with Crippen LogP contribution in [0.1, 0.15) is 53.0 Å². The summed E-state index contributed by atoms with van der Waals surface area (Å²) in [5.41, 5.74) is 3.46. The van der Waals surface area contributed by atoms with E-state index in [4.69, 9.17) is 14.2 Å². The molecule has 0 aliphatic carbocycles. The maximum atomic E-state index is 12.9. The Kier molecular flexibility index (Phi) is 8.21. The van der Waals surface area contributed by atoms with E-state index in [2.05, 4.69) is 22.0 Å². The average Bonchev–Trinajstić information content (AvgIpc) is 2.95. The Bertz CT molecular complexity index is 1220. The Morgan fingerprint density at radius 2 is 1.39 bits per heavy atom. The fourth-order valence-electron chi connectivity index (χ4n) is 4.46. The van der Waals surface area contributed by atoms with Gasteiger partial charge in [0, 0.05) is 42.7 Å². The van der Waals surface area contributed by atoms with Crippen LogP contribution in [0.15, 0.2) is 54.6 Å². The number of anilines is 1. The van der Waals surface area contributed by atoms with Crippen LogP contribution in [0, 0.1) is 0 Å². The SMILES string of the molecule is COc1ccc(C(=O)CCC(=O)c2ccc(OC)c(-c3ccc(N4CCCCC4)cc3)n2)cc1OC. The fraction of sp³-hybridized carbons (Fsp3) is 0.345. The van der Waals surface area contributed by atoms with E-state index in [1.165, 1.54) is 39.2 Å². The minimum atomic E-state index is -0.197. The Morgan fingerprint density at radius 3 is 2.06 bits per heavy atom. The van der Waals surface area contributed by atoms with Gasteiger partial charge in [-0.15, -0.1) is 0 Å². The number of nitrogens with zero attached hydrogens (tertiary/aromatic N) is 2. The van der Waals surface area contributed by atoms with Crippen LogP contribution in [-0.2, 0) is 0 Å². The molecule has 1 saturated heterocycles. The first-order valence-electron chi connectivity index (χ1n) is 12.2. The maximum absolute atomic E-state index is 12.9. The zero-order valence-corrected chi connectivity index (χ0v) is 21.1. The summed E-state index contributed by atoms with van der Waals surface area (Å²) in [5.74, 6) is 1.27. The molecule has 1 aromatic heterocycles. The fourth-order valence-corrected chi connectivity index (χ4v) is 4.46. The largest absolute Gasteiger partial charge is 0.494 e. The second-order valence-electron chi connectivity index (χ2n) is 8.76. The first-order valence-corrected chi connectivity index (χ1v) is 12.2. The molecule has 0 atom stereocenters. The number of pyridine rings is 1. The predicted octanol–water partition coefficient (Wildman–Crippen LogP) is 5.61. The lowest BCUT2D eigenvalue weighted by atomic mass is 10.0. The average molecular weight is 489 g/mol. The normalized spacial score (nSPS) is 13.2. The van der Waals surface area contributed by atoms with E-state index in [0.29, 0.717) is 34.2 Å². The summed E-state index contributed by atoms with van der Waals surface area (Å²) >= 11 is 0. The molecule has 188 valence electrons. The molecule has 36 heavy (non-hydrogen) atoms. The van der Waals surface area contributed by atoms with Gasteiger partial charge < -0.3 is 19.1 Å². The molecule has 0 unspecified atom stereocenters.